The van der Waals surface area contributed by atoms with Crippen LogP contribution in [-0.4, -0.2) is 19.0 Å². The number of benzene rings is 1. The van der Waals surface area contributed by atoms with E-state index in [0.29, 0.717) is 0 Å². The zero-order valence-electron chi connectivity index (χ0n) is 12.0. The Morgan fingerprint density at radius 2 is 2.00 bits per heavy atom. The average molecular weight is 260 g/mol. The number of carbonyl (C=O) groups is 1. The summed E-state index contributed by atoms with van der Waals surface area (Å²) in [4.78, 5) is 12.4. The minimum atomic E-state index is 0.114. The van der Waals surface area contributed by atoms with E-state index in [-0.39, 0.29) is 11.8 Å². The number of rotatable bonds is 4. The number of carbonyl (C=O) groups excluding carboxylic acids is 1. The van der Waals surface area contributed by atoms with E-state index in [1.54, 1.807) is 0 Å². The molecule has 19 heavy (non-hydrogen) atoms. The van der Waals surface area contributed by atoms with Gasteiger partial charge in [-0.15, -0.1) is 0 Å². The van der Waals surface area contributed by atoms with Crippen molar-refractivity contribution in [2.75, 3.05) is 18.4 Å². The Labute approximate surface area is 115 Å². The molecule has 2 N–H and O–H groups in total. The highest BCUT2D eigenvalue weighted by atomic mass is 16.1. The second-order valence-corrected chi connectivity index (χ2v) is 5.19. The number of aryl methyl sites for hydroxylation is 2. The summed E-state index contributed by atoms with van der Waals surface area (Å²) in [5, 5.41) is 6.47. The second kappa shape index (κ2) is 6.71. The number of piperidine rings is 1. The van der Waals surface area contributed by atoms with Gasteiger partial charge in [-0.05, 0) is 43.4 Å². The van der Waals surface area contributed by atoms with Crippen LogP contribution in [0.2, 0.25) is 0 Å². The van der Waals surface area contributed by atoms with Crippen molar-refractivity contribution in [1.29, 1.82) is 0 Å². The molecule has 0 saturated carbocycles. The van der Waals surface area contributed by atoms with E-state index in [0.717, 1.165) is 44.5 Å². The Hall–Kier alpha value is -1.35. The molecule has 1 saturated heterocycles. The molecule has 3 nitrogen and oxygen atoms in total. The highest BCUT2D eigenvalue weighted by Crippen LogP contribution is 2.24. The summed E-state index contributed by atoms with van der Waals surface area (Å²) in [5.74, 6) is 0.283. The first-order valence-electron chi connectivity index (χ1n) is 7.38. The first kappa shape index (κ1) is 14.1. The van der Waals surface area contributed by atoms with Gasteiger partial charge < -0.3 is 10.6 Å². The summed E-state index contributed by atoms with van der Waals surface area (Å²) in [5.41, 5.74) is 3.51. The lowest BCUT2D eigenvalue weighted by Crippen LogP contribution is -2.37. The predicted octanol–water partition coefficient (Wildman–Crippen LogP) is 2.75. The van der Waals surface area contributed by atoms with Crippen LogP contribution >= 0.6 is 0 Å². The summed E-state index contributed by atoms with van der Waals surface area (Å²) < 4.78 is 0. The first-order valence-corrected chi connectivity index (χ1v) is 7.38. The van der Waals surface area contributed by atoms with Gasteiger partial charge in [0.05, 0.1) is 5.92 Å². The van der Waals surface area contributed by atoms with E-state index in [9.17, 15) is 4.79 Å². The quantitative estimate of drug-likeness (QED) is 0.874. The molecule has 1 atom stereocenters. The van der Waals surface area contributed by atoms with Crippen LogP contribution in [-0.2, 0) is 17.6 Å². The molecule has 0 spiro atoms. The number of para-hydroxylation sites is 1. The summed E-state index contributed by atoms with van der Waals surface area (Å²) in [7, 11) is 0. The van der Waals surface area contributed by atoms with Crippen LogP contribution in [0.4, 0.5) is 5.69 Å². The number of amides is 1. The van der Waals surface area contributed by atoms with E-state index < -0.39 is 0 Å². The molecule has 3 heteroatoms. The zero-order chi connectivity index (χ0) is 13.7. The van der Waals surface area contributed by atoms with E-state index >= 15 is 0 Å². The van der Waals surface area contributed by atoms with E-state index in [4.69, 9.17) is 0 Å². The van der Waals surface area contributed by atoms with Crippen molar-refractivity contribution >= 4 is 11.6 Å². The third-order valence-electron chi connectivity index (χ3n) is 3.91. The largest absolute Gasteiger partial charge is 0.325 e. The van der Waals surface area contributed by atoms with Crippen molar-refractivity contribution in [3.05, 3.63) is 29.3 Å². The lowest BCUT2D eigenvalue weighted by molar-refractivity contribution is -0.120. The molecule has 1 aliphatic rings. The van der Waals surface area contributed by atoms with Gasteiger partial charge in [0, 0.05) is 12.2 Å². The summed E-state index contributed by atoms with van der Waals surface area (Å²) in [6.45, 7) is 6.11. The molecule has 1 aromatic carbocycles. The van der Waals surface area contributed by atoms with Gasteiger partial charge in [-0.25, -0.2) is 0 Å². The maximum atomic E-state index is 12.4. The Morgan fingerprint density at radius 1 is 1.32 bits per heavy atom. The van der Waals surface area contributed by atoms with Gasteiger partial charge in [0.1, 0.15) is 0 Å². The van der Waals surface area contributed by atoms with Crippen LogP contribution in [0.15, 0.2) is 18.2 Å². The fourth-order valence-electron chi connectivity index (χ4n) is 2.70. The number of hydrogen-bond donors (Lipinski definition) is 2. The predicted molar refractivity (Wildman–Crippen MR) is 79.4 cm³/mol. The minimum Gasteiger partial charge on any atom is -0.325 e. The molecule has 0 aromatic heterocycles. The Bertz CT molecular complexity index is 414. The normalized spacial score (nSPS) is 19.2. The molecule has 1 amide bonds. The number of nitrogens with one attached hydrogen (secondary N) is 2. The van der Waals surface area contributed by atoms with Gasteiger partial charge in [-0.3, -0.25) is 4.79 Å². The van der Waals surface area contributed by atoms with E-state index in [1.165, 1.54) is 11.1 Å². The van der Waals surface area contributed by atoms with Crippen LogP contribution in [0.1, 0.15) is 37.8 Å². The van der Waals surface area contributed by atoms with E-state index in [2.05, 4.69) is 42.7 Å². The lowest BCUT2D eigenvalue weighted by Gasteiger charge is -2.23. The number of anilines is 1. The summed E-state index contributed by atoms with van der Waals surface area (Å²) >= 11 is 0. The van der Waals surface area contributed by atoms with Crippen LogP contribution in [0.5, 0.6) is 0 Å². The maximum absolute atomic E-state index is 12.4. The maximum Gasteiger partial charge on any atom is 0.228 e. The minimum absolute atomic E-state index is 0.114. The molecule has 1 aliphatic heterocycles. The molecule has 104 valence electrons. The highest BCUT2D eigenvalue weighted by molar-refractivity contribution is 5.94. The van der Waals surface area contributed by atoms with Crippen LogP contribution in [0.25, 0.3) is 0 Å². The SMILES string of the molecule is CCc1cccc(CC)c1NC(=O)C1CCCNC1. The first-order chi connectivity index (χ1) is 9.26. The third-order valence-corrected chi connectivity index (χ3v) is 3.91. The fraction of sp³-hybridized carbons (Fsp3) is 0.562. The smallest absolute Gasteiger partial charge is 0.228 e. The van der Waals surface area contributed by atoms with Crippen molar-refractivity contribution in [3.63, 3.8) is 0 Å². The van der Waals surface area contributed by atoms with Crippen molar-refractivity contribution in [2.45, 2.75) is 39.5 Å². The topological polar surface area (TPSA) is 41.1 Å². The van der Waals surface area contributed by atoms with Crippen LogP contribution < -0.4 is 10.6 Å². The monoisotopic (exact) mass is 260 g/mol. The molecule has 1 unspecified atom stereocenters. The zero-order valence-corrected chi connectivity index (χ0v) is 12.0. The lowest BCUT2D eigenvalue weighted by atomic mass is 9.97. The summed E-state index contributed by atoms with van der Waals surface area (Å²) in [6.07, 6.45) is 3.99. The molecular weight excluding hydrogens is 236 g/mol. The molecule has 1 aromatic rings. The third kappa shape index (κ3) is 3.35. The van der Waals surface area contributed by atoms with Crippen molar-refractivity contribution in [3.8, 4) is 0 Å². The van der Waals surface area contributed by atoms with Crippen molar-refractivity contribution in [2.24, 2.45) is 5.92 Å². The van der Waals surface area contributed by atoms with Gasteiger partial charge in [0.15, 0.2) is 0 Å². The molecule has 2 rings (SSSR count). The fourth-order valence-corrected chi connectivity index (χ4v) is 2.70. The van der Waals surface area contributed by atoms with Gasteiger partial charge in [0.2, 0.25) is 5.91 Å². The van der Waals surface area contributed by atoms with Gasteiger partial charge in [-0.1, -0.05) is 32.0 Å². The van der Waals surface area contributed by atoms with Gasteiger partial charge >= 0.3 is 0 Å². The summed E-state index contributed by atoms with van der Waals surface area (Å²) in [6, 6.07) is 6.29. The Balaban J connectivity index is 2.15. The molecular formula is C16H24N2O. The Morgan fingerprint density at radius 3 is 2.53 bits per heavy atom. The molecule has 0 radical (unpaired) electrons. The van der Waals surface area contributed by atoms with Crippen molar-refractivity contribution in [1.82, 2.24) is 5.32 Å². The van der Waals surface area contributed by atoms with Crippen LogP contribution in [0.3, 0.4) is 0 Å². The Kier molecular flexibility index (Phi) is 4.97. The molecule has 0 bridgehead atoms. The average Bonchev–Trinajstić information content (AvgIpc) is 2.48. The molecule has 0 aliphatic carbocycles. The van der Waals surface area contributed by atoms with E-state index in [1.807, 2.05) is 0 Å². The van der Waals surface area contributed by atoms with Gasteiger partial charge in [-0.2, -0.15) is 0 Å². The molecule has 1 heterocycles. The highest BCUT2D eigenvalue weighted by Gasteiger charge is 2.22. The van der Waals surface area contributed by atoms with Crippen LogP contribution in [0, 0.1) is 5.92 Å². The van der Waals surface area contributed by atoms with Gasteiger partial charge in [0.25, 0.3) is 0 Å². The standard InChI is InChI=1S/C16H24N2O/c1-3-12-7-5-8-13(4-2)15(12)18-16(19)14-9-6-10-17-11-14/h5,7-8,14,17H,3-4,6,9-11H2,1-2H3,(H,18,19). The second-order valence-electron chi connectivity index (χ2n) is 5.19. The number of hydrogen-bond acceptors (Lipinski definition) is 2. The molecule has 1 fully saturated rings. The van der Waals surface area contributed by atoms with Crippen molar-refractivity contribution < 1.29 is 4.79 Å².